The van der Waals surface area contributed by atoms with Gasteiger partial charge < -0.3 is 21.4 Å². The molecule has 0 radical (unpaired) electrons. The molecule has 22 heavy (non-hydrogen) atoms. The van der Waals surface area contributed by atoms with Crippen molar-refractivity contribution in [2.24, 2.45) is 5.73 Å². The molecule has 0 spiro atoms. The van der Waals surface area contributed by atoms with Crippen LogP contribution in [0.1, 0.15) is 37.1 Å². The van der Waals surface area contributed by atoms with E-state index in [1.54, 1.807) is 0 Å². The molecule has 1 saturated carbocycles. The Kier molecular flexibility index (Phi) is 4.29. The normalized spacial score (nSPS) is 21.7. The van der Waals surface area contributed by atoms with Crippen LogP contribution in [-0.2, 0) is 6.54 Å². The van der Waals surface area contributed by atoms with Crippen LogP contribution in [0.15, 0.2) is 24.5 Å². The third-order valence-corrected chi connectivity index (χ3v) is 4.31. The van der Waals surface area contributed by atoms with E-state index in [2.05, 4.69) is 25.9 Å². The lowest BCUT2D eigenvalue weighted by Crippen LogP contribution is -2.33. The van der Waals surface area contributed by atoms with Gasteiger partial charge in [-0.25, -0.2) is 9.97 Å². The van der Waals surface area contributed by atoms with E-state index in [1.807, 2.05) is 25.4 Å². The summed E-state index contributed by atoms with van der Waals surface area (Å²) in [5, 5.41) is 3.51. The molecule has 3 rings (SSSR count). The molecule has 6 heteroatoms. The molecule has 0 aromatic carbocycles. The minimum Gasteiger partial charge on any atom is -0.384 e. The molecular weight excluding hydrogens is 276 g/mol. The zero-order valence-electron chi connectivity index (χ0n) is 13.0. The molecule has 6 nitrogen and oxygen atoms in total. The lowest BCUT2D eigenvalue weighted by Gasteiger charge is -2.27. The van der Waals surface area contributed by atoms with E-state index >= 15 is 0 Å². The number of pyridine rings is 1. The molecule has 0 atom stereocenters. The molecule has 0 unspecified atom stereocenters. The second-order valence-electron chi connectivity index (χ2n) is 6.14. The van der Waals surface area contributed by atoms with Gasteiger partial charge >= 0.3 is 0 Å². The van der Waals surface area contributed by atoms with E-state index in [9.17, 15) is 0 Å². The van der Waals surface area contributed by atoms with Crippen LogP contribution in [0.4, 0.5) is 11.6 Å². The molecule has 2 aromatic rings. The standard InChI is InChI=1S/C16H24N6/c1-11-19-6-7-22(11)10-12-8-15(18)21-16(9-12)20-14-4-2-13(17)3-5-14/h6-9,13-14H,2-5,10,17H2,1H3,(H3,18,20,21). The molecule has 5 N–H and O–H groups in total. The van der Waals surface area contributed by atoms with Crippen molar-refractivity contribution in [3.63, 3.8) is 0 Å². The Morgan fingerprint density at radius 1 is 1.27 bits per heavy atom. The van der Waals surface area contributed by atoms with Crippen molar-refractivity contribution in [1.82, 2.24) is 14.5 Å². The first-order valence-electron chi connectivity index (χ1n) is 7.86. The van der Waals surface area contributed by atoms with Gasteiger partial charge in [0.05, 0.1) is 0 Å². The zero-order valence-corrected chi connectivity index (χ0v) is 13.0. The van der Waals surface area contributed by atoms with Gasteiger partial charge in [0, 0.05) is 31.0 Å². The highest BCUT2D eigenvalue weighted by Gasteiger charge is 2.18. The van der Waals surface area contributed by atoms with E-state index in [4.69, 9.17) is 11.5 Å². The predicted molar refractivity (Wildman–Crippen MR) is 88.6 cm³/mol. The second kappa shape index (κ2) is 6.36. The number of anilines is 2. The fourth-order valence-electron chi connectivity index (χ4n) is 3.02. The summed E-state index contributed by atoms with van der Waals surface area (Å²) in [6.45, 7) is 2.75. The van der Waals surface area contributed by atoms with Crippen molar-refractivity contribution in [1.29, 1.82) is 0 Å². The number of imidazole rings is 1. The molecular formula is C16H24N6. The van der Waals surface area contributed by atoms with Gasteiger partial charge in [-0.3, -0.25) is 0 Å². The average Bonchev–Trinajstić information content (AvgIpc) is 2.86. The van der Waals surface area contributed by atoms with Gasteiger partial charge in [0.25, 0.3) is 0 Å². The number of hydrogen-bond acceptors (Lipinski definition) is 5. The number of aryl methyl sites for hydroxylation is 1. The number of nitrogens with one attached hydrogen (secondary N) is 1. The van der Waals surface area contributed by atoms with Crippen LogP contribution in [0, 0.1) is 6.92 Å². The van der Waals surface area contributed by atoms with Crippen LogP contribution in [0.2, 0.25) is 0 Å². The summed E-state index contributed by atoms with van der Waals surface area (Å²) in [6, 6.07) is 4.79. The highest BCUT2D eigenvalue weighted by Crippen LogP contribution is 2.22. The van der Waals surface area contributed by atoms with E-state index < -0.39 is 0 Å². The first kappa shape index (κ1) is 14.8. The molecule has 2 aromatic heterocycles. The maximum Gasteiger partial charge on any atom is 0.128 e. The fourth-order valence-corrected chi connectivity index (χ4v) is 3.02. The molecule has 118 valence electrons. The number of nitrogen functional groups attached to an aromatic ring is 1. The predicted octanol–water partition coefficient (Wildman–Crippen LogP) is 1.90. The average molecular weight is 300 g/mol. The number of rotatable bonds is 4. The summed E-state index contributed by atoms with van der Waals surface area (Å²) in [5.74, 6) is 2.39. The largest absolute Gasteiger partial charge is 0.384 e. The van der Waals surface area contributed by atoms with E-state index in [0.29, 0.717) is 17.9 Å². The number of nitrogens with zero attached hydrogens (tertiary/aromatic N) is 3. The molecule has 2 heterocycles. The first-order valence-corrected chi connectivity index (χ1v) is 7.86. The van der Waals surface area contributed by atoms with Crippen molar-refractivity contribution >= 4 is 11.6 Å². The van der Waals surface area contributed by atoms with E-state index in [1.165, 1.54) is 0 Å². The highest BCUT2D eigenvalue weighted by molar-refractivity contribution is 5.47. The van der Waals surface area contributed by atoms with Crippen LogP contribution in [0.25, 0.3) is 0 Å². The molecule has 0 saturated heterocycles. The topological polar surface area (TPSA) is 94.8 Å². The monoisotopic (exact) mass is 300 g/mol. The summed E-state index contributed by atoms with van der Waals surface area (Å²) in [6.07, 6.45) is 8.11. The summed E-state index contributed by atoms with van der Waals surface area (Å²) in [4.78, 5) is 8.66. The Morgan fingerprint density at radius 3 is 2.73 bits per heavy atom. The van der Waals surface area contributed by atoms with Crippen molar-refractivity contribution in [3.8, 4) is 0 Å². The van der Waals surface area contributed by atoms with Crippen molar-refractivity contribution < 1.29 is 0 Å². The Labute approximate surface area is 130 Å². The minimum absolute atomic E-state index is 0.353. The third-order valence-electron chi connectivity index (χ3n) is 4.31. The maximum absolute atomic E-state index is 5.96. The number of aromatic nitrogens is 3. The highest BCUT2D eigenvalue weighted by atomic mass is 15.1. The molecule has 0 bridgehead atoms. The summed E-state index contributed by atoms with van der Waals surface area (Å²) < 4.78 is 2.10. The van der Waals surface area contributed by atoms with Gasteiger partial charge in [-0.15, -0.1) is 0 Å². The van der Waals surface area contributed by atoms with Crippen LogP contribution in [-0.4, -0.2) is 26.6 Å². The van der Waals surface area contributed by atoms with Crippen LogP contribution >= 0.6 is 0 Å². The van der Waals surface area contributed by atoms with Gasteiger partial charge in [-0.2, -0.15) is 0 Å². The summed E-state index contributed by atoms with van der Waals surface area (Å²) in [5.41, 5.74) is 13.0. The number of nitrogens with two attached hydrogens (primary N) is 2. The SMILES string of the molecule is Cc1nccn1Cc1cc(N)nc(NC2CCC(N)CC2)c1. The van der Waals surface area contributed by atoms with Crippen molar-refractivity contribution in [3.05, 3.63) is 35.9 Å². The zero-order chi connectivity index (χ0) is 15.5. The van der Waals surface area contributed by atoms with Gasteiger partial charge in [-0.05, 0) is 50.3 Å². The Hall–Kier alpha value is -2.08. The molecule has 1 aliphatic carbocycles. The molecule has 0 amide bonds. The van der Waals surface area contributed by atoms with Crippen LogP contribution in [0.3, 0.4) is 0 Å². The van der Waals surface area contributed by atoms with Crippen LogP contribution in [0.5, 0.6) is 0 Å². The first-order chi connectivity index (χ1) is 10.6. The summed E-state index contributed by atoms with van der Waals surface area (Å²) in [7, 11) is 0. The molecule has 1 aliphatic rings. The van der Waals surface area contributed by atoms with Crippen molar-refractivity contribution in [2.75, 3.05) is 11.1 Å². The van der Waals surface area contributed by atoms with Gasteiger partial charge in [0.15, 0.2) is 0 Å². The van der Waals surface area contributed by atoms with E-state index in [-0.39, 0.29) is 0 Å². The fraction of sp³-hybridized carbons (Fsp3) is 0.500. The Bertz CT molecular complexity index is 627. The Balaban J connectivity index is 1.71. The third kappa shape index (κ3) is 3.57. The lowest BCUT2D eigenvalue weighted by molar-refractivity contribution is 0.410. The molecule has 0 aliphatic heterocycles. The van der Waals surface area contributed by atoms with Gasteiger partial charge in [-0.1, -0.05) is 0 Å². The van der Waals surface area contributed by atoms with E-state index in [0.717, 1.165) is 49.4 Å². The Morgan fingerprint density at radius 2 is 2.05 bits per heavy atom. The van der Waals surface area contributed by atoms with Crippen molar-refractivity contribution in [2.45, 2.75) is 51.2 Å². The molecule has 1 fully saturated rings. The maximum atomic E-state index is 5.96. The second-order valence-corrected chi connectivity index (χ2v) is 6.14. The van der Waals surface area contributed by atoms with Crippen LogP contribution < -0.4 is 16.8 Å². The minimum atomic E-state index is 0.353. The smallest absolute Gasteiger partial charge is 0.128 e. The summed E-state index contributed by atoms with van der Waals surface area (Å²) >= 11 is 0. The lowest BCUT2D eigenvalue weighted by atomic mass is 9.92. The number of hydrogen-bond donors (Lipinski definition) is 3. The van der Waals surface area contributed by atoms with Gasteiger partial charge in [0.2, 0.25) is 0 Å². The van der Waals surface area contributed by atoms with Gasteiger partial charge in [0.1, 0.15) is 17.5 Å². The quantitative estimate of drug-likeness (QED) is 0.801.